The molecule has 0 saturated carbocycles. The smallest absolute Gasteiger partial charge is 0.398 e. The van der Waals surface area contributed by atoms with Gasteiger partial charge in [0.25, 0.3) is 0 Å². The predicted octanol–water partition coefficient (Wildman–Crippen LogP) is 1.32. The molecule has 102 valence electrons. The van der Waals surface area contributed by atoms with Crippen LogP contribution in [0.4, 0.5) is 0 Å². The Morgan fingerprint density at radius 2 is 1.75 bits per heavy atom. The van der Waals surface area contributed by atoms with Gasteiger partial charge in [0, 0.05) is 0 Å². The number of hydrogen-bond donors (Lipinski definition) is 0. The normalized spacial score (nSPS) is 19.4. The van der Waals surface area contributed by atoms with Gasteiger partial charge in [-0.3, -0.25) is 4.98 Å². The highest BCUT2D eigenvalue weighted by Gasteiger charge is 2.52. The van der Waals surface area contributed by atoms with Gasteiger partial charge in [-0.2, -0.15) is 10.5 Å². The third-order valence-corrected chi connectivity index (χ3v) is 3.78. The Hall–Kier alpha value is -1.89. The Morgan fingerprint density at radius 1 is 1.15 bits per heavy atom. The molecule has 2 rings (SSSR count). The lowest BCUT2D eigenvalue weighted by Gasteiger charge is -2.32. The highest BCUT2D eigenvalue weighted by Crippen LogP contribution is 2.36. The van der Waals surface area contributed by atoms with Crippen LogP contribution in [0.15, 0.2) is 12.1 Å². The summed E-state index contributed by atoms with van der Waals surface area (Å²) in [6.45, 7) is 7.82. The summed E-state index contributed by atoms with van der Waals surface area (Å²) in [5.74, 6) is 0. The molecule has 0 aromatic carbocycles. The Labute approximate surface area is 119 Å². The fourth-order valence-electron chi connectivity index (χ4n) is 1.93. The van der Waals surface area contributed by atoms with E-state index in [4.69, 9.17) is 19.8 Å². The van der Waals surface area contributed by atoms with Gasteiger partial charge in [0.05, 0.1) is 46.6 Å². The van der Waals surface area contributed by atoms with Crippen LogP contribution < -0.4 is 5.59 Å². The Kier molecular flexibility index (Phi) is 3.56. The van der Waals surface area contributed by atoms with Crippen molar-refractivity contribution in [2.24, 2.45) is 0 Å². The molecule has 1 aromatic heterocycles. The van der Waals surface area contributed by atoms with Crippen LogP contribution in [0.3, 0.4) is 0 Å². The maximum absolute atomic E-state index is 9.06. The van der Waals surface area contributed by atoms with Crippen molar-refractivity contribution in [3.8, 4) is 12.1 Å². The molecule has 0 amide bonds. The predicted molar refractivity (Wildman–Crippen MR) is 74.0 cm³/mol. The van der Waals surface area contributed by atoms with E-state index >= 15 is 0 Å². The zero-order valence-electron chi connectivity index (χ0n) is 12.1. The molecular weight excluding hydrogens is 253 g/mol. The molecule has 0 spiro atoms. The van der Waals surface area contributed by atoms with E-state index in [2.05, 4.69) is 11.1 Å². The molecule has 1 fully saturated rings. The monoisotopic (exact) mass is 269 g/mol. The van der Waals surface area contributed by atoms with Gasteiger partial charge < -0.3 is 9.31 Å². The summed E-state index contributed by atoms with van der Waals surface area (Å²) in [4.78, 5) is 4.36. The van der Waals surface area contributed by atoms with Gasteiger partial charge in [-0.15, -0.1) is 0 Å². The summed E-state index contributed by atoms with van der Waals surface area (Å²) in [5.41, 5.74) is 0.619. The van der Waals surface area contributed by atoms with Crippen LogP contribution in [-0.4, -0.2) is 23.3 Å². The summed E-state index contributed by atoms with van der Waals surface area (Å²) in [6, 6.07) is 7.35. The molecule has 0 bridgehead atoms. The number of pyridine rings is 1. The van der Waals surface area contributed by atoms with Crippen molar-refractivity contribution in [3.05, 3.63) is 23.4 Å². The maximum atomic E-state index is 9.06. The van der Waals surface area contributed by atoms with Crippen LogP contribution in [0, 0.1) is 22.7 Å². The van der Waals surface area contributed by atoms with Crippen LogP contribution in [0.2, 0.25) is 0 Å². The van der Waals surface area contributed by atoms with Crippen molar-refractivity contribution >= 4 is 12.7 Å². The molecule has 0 N–H and O–H groups in total. The molecule has 0 aliphatic carbocycles. The SMILES string of the molecule is CC1(C)OB(c2cc(C#N)cc(CC#N)n2)OC1(C)C. The second-order valence-electron chi connectivity index (χ2n) is 5.81. The average Bonchev–Trinajstić information content (AvgIpc) is 2.58. The van der Waals surface area contributed by atoms with Crippen molar-refractivity contribution < 1.29 is 9.31 Å². The third kappa shape index (κ3) is 2.53. The zero-order chi connectivity index (χ0) is 15.0. The number of nitriles is 2. The third-order valence-electron chi connectivity index (χ3n) is 3.78. The standard InChI is InChI=1S/C14H16BN3O2/c1-13(2)14(3,4)20-15(19-13)12-8-10(9-17)7-11(18-12)5-6-16/h7-8H,5H2,1-4H3. The molecule has 1 aliphatic rings. The Bertz CT molecular complexity index is 598. The van der Waals surface area contributed by atoms with Gasteiger partial charge in [-0.1, -0.05) is 0 Å². The lowest BCUT2D eigenvalue weighted by Crippen LogP contribution is -2.41. The summed E-state index contributed by atoms with van der Waals surface area (Å²) < 4.78 is 11.8. The summed E-state index contributed by atoms with van der Waals surface area (Å²) in [6.07, 6.45) is 0.155. The van der Waals surface area contributed by atoms with E-state index in [1.165, 1.54) is 0 Å². The van der Waals surface area contributed by atoms with Gasteiger partial charge in [-0.05, 0) is 39.8 Å². The van der Waals surface area contributed by atoms with Gasteiger partial charge in [0.1, 0.15) is 0 Å². The minimum absolute atomic E-state index is 0.155. The minimum Gasteiger partial charge on any atom is -0.398 e. The van der Waals surface area contributed by atoms with Crippen molar-refractivity contribution in [2.75, 3.05) is 0 Å². The summed E-state index contributed by atoms with van der Waals surface area (Å²) >= 11 is 0. The van der Waals surface area contributed by atoms with Crippen LogP contribution in [0.5, 0.6) is 0 Å². The zero-order valence-corrected chi connectivity index (χ0v) is 12.1. The van der Waals surface area contributed by atoms with Crippen molar-refractivity contribution in [3.63, 3.8) is 0 Å². The molecule has 5 nitrogen and oxygen atoms in total. The van der Waals surface area contributed by atoms with Crippen molar-refractivity contribution in [2.45, 2.75) is 45.3 Å². The molecule has 0 unspecified atom stereocenters. The van der Waals surface area contributed by atoms with Gasteiger partial charge >= 0.3 is 7.12 Å². The molecule has 1 saturated heterocycles. The van der Waals surface area contributed by atoms with Crippen molar-refractivity contribution in [1.82, 2.24) is 4.98 Å². The van der Waals surface area contributed by atoms with E-state index in [-0.39, 0.29) is 6.42 Å². The van der Waals surface area contributed by atoms with Crippen molar-refractivity contribution in [1.29, 1.82) is 10.5 Å². The number of hydrogen-bond acceptors (Lipinski definition) is 5. The van der Waals surface area contributed by atoms with Crippen LogP contribution in [-0.2, 0) is 15.7 Å². The maximum Gasteiger partial charge on any atom is 0.514 e. The minimum atomic E-state index is -0.620. The van der Waals surface area contributed by atoms with E-state index in [1.807, 2.05) is 33.8 Å². The molecule has 1 aliphatic heterocycles. The highest BCUT2D eigenvalue weighted by molar-refractivity contribution is 6.61. The Balaban J connectivity index is 2.38. The summed E-state index contributed by atoms with van der Waals surface area (Å²) in [5, 5.41) is 17.8. The number of rotatable bonds is 2. The first kappa shape index (κ1) is 14.5. The summed E-state index contributed by atoms with van der Waals surface area (Å²) in [7, 11) is -0.620. The topological polar surface area (TPSA) is 78.9 Å². The number of nitrogens with zero attached hydrogens (tertiary/aromatic N) is 3. The van der Waals surface area contributed by atoms with Gasteiger partial charge in [0.15, 0.2) is 0 Å². The number of aromatic nitrogens is 1. The van der Waals surface area contributed by atoms with E-state index in [0.29, 0.717) is 16.9 Å². The van der Waals surface area contributed by atoms with E-state index < -0.39 is 18.3 Å². The first-order valence-corrected chi connectivity index (χ1v) is 6.42. The molecule has 0 radical (unpaired) electrons. The van der Waals surface area contributed by atoms with E-state index in [0.717, 1.165) is 0 Å². The second kappa shape index (κ2) is 4.90. The van der Waals surface area contributed by atoms with Crippen LogP contribution in [0.1, 0.15) is 39.0 Å². The van der Waals surface area contributed by atoms with Gasteiger partial charge in [-0.25, -0.2) is 0 Å². The second-order valence-corrected chi connectivity index (χ2v) is 5.81. The largest absolute Gasteiger partial charge is 0.514 e. The first-order chi connectivity index (χ1) is 9.29. The molecule has 0 atom stereocenters. The molecule has 20 heavy (non-hydrogen) atoms. The molecule has 1 aromatic rings. The average molecular weight is 269 g/mol. The fraction of sp³-hybridized carbons (Fsp3) is 0.500. The molecule has 2 heterocycles. The van der Waals surface area contributed by atoms with Gasteiger partial charge in [0.2, 0.25) is 0 Å². The highest BCUT2D eigenvalue weighted by atomic mass is 16.7. The lowest BCUT2D eigenvalue weighted by molar-refractivity contribution is 0.00578. The Morgan fingerprint density at radius 3 is 2.25 bits per heavy atom. The van der Waals surface area contributed by atoms with E-state index in [1.54, 1.807) is 12.1 Å². The molecule has 6 heteroatoms. The molecular formula is C14H16BN3O2. The van der Waals surface area contributed by atoms with Crippen LogP contribution >= 0.6 is 0 Å². The van der Waals surface area contributed by atoms with Crippen LogP contribution in [0.25, 0.3) is 0 Å². The quantitative estimate of drug-likeness (QED) is 0.756. The lowest BCUT2D eigenvalue weighted by atomic mass is 9.83. The first-order valence-electron chi connectivity index (χ1n) is 6.42. The van der Waals surface area contributed by atoms with E-state index in [9.17, 15) is 0 Å². The fourth-order valence-corrected chi connectivity index (χ4v) is 1.93.